The van der Waals surface area contributed by atoms with Crippen LogP contribution in [0.4, 0.5) is 4.39 Å². The van der Waals surface area contributed by atoms with E-state index in [1.807, 2.05) is 13.0 Å². The van der Waals surface area contributed by atoms with Gasteiger partial charge in [0.1, 0.15) is 22.9 Å². The van der Waals surface area contributed by atoms with Crippen molar-refractivity contribution in [3.8, 4) is 17.1 Å². The number of fused-ring (bicyclic) bond motifs is 1. The third-order valence-electron chi connectivity index (χ3n) is 4.63. The number of halogens is 1. The second kappa shape index (κ2) is 8.34. The monoisotopic (exact) mass is 398 g/mol. The number of rotatable bonds is 6. The number of carbonyl (C=O) groups excluding carboxylic acids is 2. The number of hydrogen-bond donors (Lipinski definition) is 2. The van der Waals surface area contributed by atoms with Crippen LogP contribution in [0.5, 0.6) is 5.75 Å². The third kappa shape index (κ3) is 4.23. The molecule has 29 heavy (non-hydrogen) atoms. The Kier molecular flexibility index (Phi) is 5.87. The Hall–Kier alpha value is -3.35. The van der Waals surface area contributed by atoms with Crippen molar-refractivity contribution in [3.63, 3.8) is 0 Å². The van der Waals surface area contributed by atoms with E-state index in [4.69, 9.17) is 9.15 Å². The molecule has 3 aromatic rings. The molecule has 0 spiro atoms. The lowest BCUT2D eigenvalue weighted by Gasteiger charge is -2.15. The SMILES string of the molecule is CNC(=O)c1c(-c2ccc(F)cc2)oc2cc(CC(C)NC(C)=O)c(OC)cc12. The predicted octanol–water partition coefficient (Wildman–Crippen LogP) is 3.67. The first-order valence-electron chi connectivity index (χ1n) is 9.22. The van der Waals surface area contributed by atoms with Crippen molar-refractivity contribution in [2.24, 2.45) is 0 Å². The van der Waals surface area contributed by atoms with Crippen LogP contribution in [-0.4, -0.2) is 32.0 Å². The molecule has 2 amide bonds. The topological polar surface area (TPSA) is 80.6 Å². The molecular weight excluding hydrogens is 375 g/mol. The first-order valence-corrected chi connectivity index (χ1v) is 9.22. The maximum atomic E-state index is 13.3. The van der Waals surface area contributed by atoms with Gasteiger partial charge in [-0.25, -0.2) is 4.39 Å². The zero-order chi connectivity index (χ0) is 21.1. The van der Waals surface area contributed by atoms with Crippen molar-refractivity contribution in [1.82, 2.24) is 10.6 Å². The molecule has 0 aliphatic carbocycles. The number of hydrogen-bond acceptors (Lipinski definition) is 4. The highest BCUT2D eigenvalue weighted by atomic mass is 19.1. The summed E-state index contributed by atoms with van der Waals surface area (Å²) in [4.78, 5) is 23.9. The van der Waals surface area contributed by atoms with Gasteiger partial charge in [-0.15, -0.1) is 0 Å². The van der Waals surface area contributed by atoms with Crippen LogP contribution in [0.25, 0.3) is 22.3 Å². The van der Waals surface area contributed by atoms with E-state index in [1.54, 1.807) is 25.3 Å². The molecule has 3 rings (SSSR count). The summed E-state index contributed by atoms with van der Waals surface area (Å²) in [6.07, 6.45) is 0.528. The minimum atomic E-state index is -0.373. The second-order valence-corrected chi connectivity index (χ2v) is 6.86. The molecule has 1 atom stereocenters. The summed E-state index contributed by atoms with van der Waals surface area (Å²) in [6.45, 7) is 3.36. The summed E-state index contributed by atoms with van der Waals surface area (Å²) in [5.41, 5.74) is 2.29. The Morgan fingerprint density at radius 1 is 1.21 bits per heavy atom. The van der Waals surface area contributed by atoms with Crippen molar-refractivity contribution in [2.75, 3.05) is 14.2 Å². The van der Waals surface area contributed by atoms with Gasteiger partial charge >= 0.3 is 0 Å². The number of nitrogens with one attached hydrogen (secondary N) is 2. The lowest BCUT2D eigenvalue weighted by atomic mass is 10.0. The zero-order valence-corrected chi connectivity index (χ0v) is 16.8. The summed E-state index contributed by atoms with van der Waals surface area (Å²) < 4.78 is 24.9. The van der Waals surface area contributed by atoms with Crippen LogP contribution in [0.2, 0.25) is 0 Å². The van der Waals surface area contributed by atoms with Gasteiger partial charge in [0, 0.05) is 31.0 Å². The molecule has 152 valence electrons. The van der Waals surface area contributed by atoms with Gasteiger partial charge in [0.2, 0.25) is 5.91 Å². The number of carbonyl (C=O) groups is 2. The van der Waals surface area contributed by atoms with E-state index in [2.05, 4.69) is 10.6 Å². The molecule has 0 bridgehead atoms. The fraction of sp³-hybridized carbons (Fsp3) is 0.273. The molecule has 7 heteroatoms. The number of ether oxygens (including phenoxy) is 1. The van der Waals surface area contributed by atoms with Gasteiger partial charge in [0.05, 0.1) is 12.7 Å². The van der Waals surface area contributed by atoms with Gasteiger partial charge < -0.3 is 19.8 Å². The molecule has 2 N–H and O–H groups in total. The molecule has 1 unspecified atom stereocenters. The molecule has 0 fully saturated rings. The Morgan fingerprint density at radius 3 is 2.48 bits per heavy atom. The van der Waals surface area contributed by atoms with Crippen molar-refractivity contribution in [1.29, 1.82) is 0 Å². The smallest absolute Gasteiger partial charge is 0.255 e. The molecule has 2 aromatic carbocycles. The quantitative estimate of drug-likeness (QED) is 0.664. The zero-order valence-electron chi connectivity index (χ0n) is 16.8. The predicted molar refractivity (Wildman–Crippen MR) is 109 cm³/mol. The molecule has 1 aromatic heterocycles. The van der Waals surface area contributed by atoms with Gasteiger partial charge in [0.25, 0.3) is 5.91 Å². The van der Waals surface area contributed by atoms with Crippen LogP contribution < -0.4 is 15.4 Å². The van der Waals surface area contributed by atoms with Crippen LogP contribution in [0.15, 0.2) is 40.8 Å². The average Bonchev–Trinajstić information content (AvgIpc) is 3.04. The molecule has 0 saturated carbocycles. The van der Waals surface area contributed by atoms with Crippen molar-refractivity contribution in [2.45, 2.75) is 26.3 Å². The molecule has 0 aliphatic heterocycles. The maximum Gasteiger partial charge on any atom is 0.255 e. The van der Waals surface area contributed by atoms with Crippen molar-refractivity contribution in [3.05, 3.63) is 53.3 Å². The third-order valence-corrected chi connectivity index (χ3v) is 4.63. The van der Waals surface area contributed by atoms with Gasteiger partial charge in [-0.3, -0.25) is 9.59 Å². The second-order valence-electron chi connectivity index (χ2n) is 6.86. The van der Waals surface area contributed by atoms with E-state index in [0.29, 0.717) is 40.0 Å². The van der Waals surface area contributed by atoms with E-state index in [-0.39, 0.29) is 23.7 Å². The van der Waals surface area contributed by atoms with Crippen LogP contribution >= 0.6 is 0 Å². The lowest BCUT2D eigenvalue weighted by molar-refractivity contribution is -0.119. The largest absolute Gasteiger partial charge is 0.496 e. The van der Waals surface area contributed by atoms with Crippen molar-refractivity contribution >= 4 is 22.8 Å². The van der Waals surface area contributed by atoms with Gasteiger partial charge in [-0.1, -0.05) is 0 Å². The van der Waals surface area contributed by atoms with E-state index < -0.39 is 0 Å². The highest BCUT2D eigenvalue weighted by Gasteiger charge is 2.23. The number of methoxy groups -OCH3 is 1. The van der Waals surface area contributed by atoms with Crippen LogP contribution in [0, 0.1) is 5.82 Å². The highest BCUT2D eigenvalue weighted by Crippen LogP contribution is 2.37. The standard InChI is InChI=1S/C22H23FN2O4/c1-12(25-13(2)26)9-15-10-19-17(11-18(15)28-4)20(22(27)24-3)21(29-19)14-5-7-16(23)8-6-14/h5-8,10-12H,9H2,1-4H3,(H,24,27)(H,25,26). The Labute approximate surface area is 168 Å². The summed E-state index contributed by atoms with van der Waals surface area (Å²) in [7, 11) is 3.09. The van der Waals surface area contributed by atoms with Crippen LogP contribution in [-0.2, 0) is 11.2 Å². The Morgan fingerprint density at radius 2 is 1.90 bits per heavy atom. The summed E-state index contributed by atoms with van der Waals surface area (Å²) in [6, 6.07) is 9.23. The van der Waals surface area contributed by atoms with Gasteiger partial charge in [-0.05, 0) is 55.3 Å². The Balaban J connectivity index is 2.16. The van der Waals surface area contributed by atoms with Crippen LogP contribution in [0.3, 0.4) is 0 Å². The van der Waals surface area contributed by atoms with Crippen molar-refractivity contribution < 1.29 is 23.1 Å². The minimum absolute atomic E-state index is 0.108. The maximum absolute atomic E-state index is 13.3. The Bertz CT molecular complexity index is 1060. The minimum Gasteiger partial charge on any atom is -0.496 e. The summed E-state index contributed by atoms with van der Waals surface area (Å²) in [5, 5.41) is 6.06. The number of furan rings is 1. The lowest BCUT2D eigenvalue weighted by Crippen LogP contribution is -2.32. The van der Waals surface area contributed by atoms with Gasteiger partial charge in [0.15, 0.2) is 0 Å². The molecule has 0 saturated heterocycles. The summed E-state index contributed by atoms with van der Waals surface area (Å²) >= 11 is 0. The fourth-order valence-electron chi connectivity index (χ4n) is 3.40. The van der Waals surface area contributed by atoms with E-state index >= 15 is 0 Å². The normalized spacial score (nSPS) is 11.9. The molecule has 0 aliphatic rings. The van der Waals surface area contributed by atoms with Crippen LogP contribution in [0.1, 0.15) is 29.8 Å². The average molecular weight is 398 g/mol. The van der Waals surface area contributed by atoms with E-state index in [9.17, 15) is 14.0 Å². The number of benzene rings is 2. The fourth-order valence-corrected chi connectivity index (χ4v) is 3.40. The van der Waals surface area contributed by atoms with E-state index in [1.165, 1.54) is 26.1 Å². The summed E-state index contributed by atoms with van der Waals surface area (Å²) in [5.74, 6) is 0.141. The highest BCUT2D eigenvalue weighted by molar-refractivity contribution is 6.11. The molecule has 0 radical (unpaired) electrons. The number of amides is 2. The first-order chi connectivity index (χ1) is 13.8. The molecular formula is C22H23FN2O4. The van der Waals surface area contributed by atoms with E-state index in [0.717, 1.165) is 5.56 Å². The molecule has 6 nitrogen and oxygen atoms in total. The van der Waals surface area contributed by atoms with Gasteiger partial charge in [-0.2, -0.15) is 0 Å². The molecule has 1 heterocycles. The first kappa shape index (κ1) is 20.4.